The van der Waals surface area contributed by atoms with Gasteiger partial charge in [0.25, 0.3) is 5.56 Å². The minimum absolute atomic E-state index is 0.100. The van der Waals surface area contributed by atoms with Crippen molar-refractivity contribution in [3.63, 3.8) is 0 Å². The maximum Gasteiger partial charge on any atom is 0.264 e. The summed E-state index contributed by atoms with van der Waals surface area (Å²) in [5.41, 5.74) is 1.52. The van der Waals surface area contributed by atoms with Crippen LogP contribution in [0.5, 0.6) is 5.88 Å². The van der Waals surface area contributed by atoms with Gasteiger partial charge in [-0.25, -0.2) is 0 Å². The van der Waals surface area contributed by atoms with E-state index in [1.54, 1.807) is 0 Å². The van der Waals surface area contributed by atoms with Crippen LogP contribution in [-0.2, 0) is 4.74 Å². The number of hydrogen-bond acceptors (Lipinski definition) is 6. The molecule has 0 aliphatic carbocycles. The summed E-state index contributed by atoms with van der Waals surface area (Å²) in [6.07, 6.45) is 1.42. The van der Waals surface area contributed by atoms with Crippen molar-refractivity contribution in [1.82, 2.24) is 14.5 Å². The van der Waals surface area contributed by atoms with Gasteiger partial charge in [-0.2, -0.15) is 0 Å². The van der Waals surface area contributed by atoms with Crippen molar-refractivity contribution in [1.29, 1.82) is 0 Å². The molecule has 0 spiro atoms. The zero-order valence-corrected chi connectivity index (χ0v) is 17.0. The second kappa shape index (κ2) is 9.27. The first kappa shape index (κ1) is 20.4. The third-order valence-electron chi connectivity index (χ3n) is 4.81. The SMILES string of the molecule is CC(C)c1ccc(-n2c(O)c(C=NCCN3CCOCC3)c(=O)[nH]c2=S)cc1. The third kappa shape index (κ3) is 4.76. The fraction of sp³-hybridized carbons (Fsp3) is 0.450. The lowest BCUT2D eigenvalue weighted by Crippen LogP contribution is -2.37. The lowest BCUT2D eigenvalue weighted by molar-refractivity contribution is 0.0395. The van der Waals surface area contributed by atoms with Crippen LogP contribution in [0.15, 0.2) is 34.1 Å². The summed E-state index contributed by atoms with van der Waals surface area (Å²) < 4.78 is 6.91. The normalized spacial score (nSPS) is 15.5. The van der Waals surface area contributed by atoms with Gasteiger partial charge in [-0.15, -0.1) is 0 Å². The van der Waals surface area contributed by atoms with E-state index in [9.17, 15) is 9.90 Å². The molecule has 1 saturated heterocycles. The van der Waals surface area contributed by atoms with Gasteiger partial charge in [0.2, 0.25) is 5.88 Å². The largest absolute Gasteiger partial charge is 0.494 e. The maximum absolute atomic E-state index is 12.3. The zero-order valence-electron chi connectivity index (χ0n) is 16.2. The summed E-state index contributed by atoms with van der Waals surface area (Å²) in [6.45, 7) is 8.80. The van der Waals surface area contributed by atoms with Crippen molar-refractivity contribution in [3.8, 4) is 11.6 Å². The first-order valence-electron chi connectivity index (χ1n) is 9.46. The molecular weight excluding hydrogens is 376 g/mol. The number of aromatic nitrogens is 2. The predicted molar refractivity (Wildman–Crippen MR) is 113 cm³/mol. The highest BCUT2D eigenvalue weighted by atomic mass is 32.1. The number of aliphatic imine (C=N–C) groups is 1. The quantitative estimate of drug-likeness (QED) is 0.573. The van der Waals surface area contributed by atoms with E-state index in [4.69, 9.17) is 17.0 Å². The van der Waals surface area contributed by atoms with Crippen LogP contribution < -0.4 is 5.56 Å². The summed E-state index contributed by atoms with van der Waals surface area (Å²) in [5, 5.41) is 10.7. The Balaban J connectivity index is 1.82. The van der Waals surface area contributed by atoms with Crippen molar-refractivity contribution < 1.29 is 9.84 Å². The Morgan fingerprint density at radius 1 is 1.29 bits per heavy atom. The molecule has 0 amide bonds. The number of aromatic amines is 1. The molecule has 0 saturated carbocycles. The standard InChI is InChI=1S/C20H26N4O3S/c1-14(2)15-3-5-16(6-4-15)24-19(26)17(18(25)22-20(24)28)13-21-7-8-23-9-11-27-12-10-23/h3-6,13-14,26H,7-12H2,1-2H3,(H,22,25,28). The van der Waals surface area contributed by atoms with Gasteiger partial charge in [0, 0.05) is 25.8 Å². The zero-order chi connectivity index (χ0) is 20.1. The maximum atomic E-state index is 12.3. The van der Waals surface area contributed by atoms with E-state index in [-0.39, 0.29) is 16.2 Å². The Hall–Kier alpha value is -2.29. The minimum Gasteiger partial charge on any atom is -0.494 e. The fourth-order valence-corrected chi connectivity index (χ4v) is 3.37. The smallest absolute Gasteiger partial charge is 0.264 e. The number of nitrogens with one attached hydrogen (secondary N) is 1. The van der Waals surface area contributed by atoms with E-state index >= 15 is 0 Å². The molecule has 28 heavy (non-hydrogen) atoms. The Morgan fingerprint density at radius 2 is 1.96 bits per heavy atom. The van der Waals surface area contributed by atoms with Gasteiger partial charge in [-0.1, -0.05) is 26.0 Å². The average molecular weight is 403 g/mol. The van der Waals surface area contributed by atoms with Crippen LogP contribution in [0.2, 0.25) is 0 Å². The van der Waals surface area contributed by atoms with Gasteiger partial charge in [0.1, 0.15) is 5.56 Å². The summed E-state index contributed by atoms with van der Waals surface area (Å²) in [4.78, 5) is 21.5. The molecule has 7 nitrogen and oxygen atoms in total. The van der Waals surface area contributed by atoms with Crippen LogP contribution in [0.1, 0.15) is 30.9 Å². The summed E-state index contributed by atoms with van der Waals surface area (Å²) in [7, 11) is 0. The Labute approximate surface area is 169 Å². The van der Waals surface area contributed by atoms with Crippen LogP contribution >= 0.6 is 12.2 Å². The molecule has 8 heteroatoms. The monoisotopic (exact) mass is 402 g/mol. The van der Waals surface area contributed by atoms with E-state index in [0.29, 0.717) is 18.2 Å². The van der Waals surface area contributed by atoms with E-state index in [1.807, 2.05) is 24.3 Å². The molecule has 2 aromatic rings. The van der Waals surface area contributed by atoms with E-state index in [2.05, 4.69) is 28.7 Å². The molecule has 3 rings (SSSR count). The predicted octanol–water partition coefficient (Wildman–Crippen LogP) is 2.48. The van der Waals surface area contributed by atoms with Gasteiger partial charge in [-0.05, 0) is 35.8 Å². The fourth-order valence-electron chi connectivity index (χ4n) is 3.08. The highest BCUT2D eigenvalue weighted by molar-refractivity contribution is 7.71. The Morgan fingerprint density at radius 3 is 2.61 bits per heavy atom. The number of rotatable bonds is 6. The minimum atomic E-state index is -0.451. The molecular formula is C20H26N4O3S. The van der Waals surface area contributed by atoms with Crippen molar-refractivity contribution >= 4 is 18.4 Å². The van der Waals surface area contributed by atoms with Crippen molar-refractivity contribution in [2.75, 3.05) is 39.4 Å². The first-order chi connectivity index (χ1) is 13.5. The topological polar surface area (TPSA) is 82.8 Å². The Bertz CT molecular complexity index is 941. The molecule has 1 aromatic heterocycles. The van der Waals surface area contributed by atoms with Gasteiger partial charge in [0.15, 0.2) is 4.77 Å². The van der Waals surface area contributed by atoms with Crippen molar-refractivity contribution in [2.24, 2.45) is 4.99 Å². The number of morpholine rings is 1. The third-order valence-corrected chi connectivity index (χ3v) is 5.09. The van der Waals surface area contributed by atoms with Crippen molar-refractivity contribution in [2.45, 2.75) is 19.8 Å². The molecule has 1 aromatic carbocycles. The lowest BCUT2D eigenvalue weighted by Gasteiger charge is -2.25. The number of H-pyrrole nitrogens is 1. The van der Waals surface area contributed by atoms with Gasteiger partial charge < -0.3 is 9.84 Å². The number of hydrogen-bond donors (Lipinski definition) is 2. The van der Waals surface area contributed by atoms with Gasteiger partial charge >= 0.3 is 0 Å². The van der Waals surface area contributed by atoms with Crippen LogP contribution in [0.3, 0.4) is 0 Å². The number of benzene rings is 1. The van der Waals surface area contributed by atoms with E-state index < -0.39 is 5.56 Å². The molecule has 0 radical (unpaired) electrons. The molecule has 1 fully saturated rings. The van der Waals surface area contributed by atoms with Gasteiger partial charge in [-0.3, -0.25) is 24.2 Å². The second-order valence-corrected chi connectivity index (χ2v) is 7.45. The second-order valence-electron chi connectivity index (χ2n) is 7.07. The number of aromatic hydroxyl groups is 1. The molecule has 150 valence electrons. The number of ether oxygens (including phenoxy) is 1. The molecule has 2 heterocycles. The molecule has 0 bridgehead atoms. The Kier molecular flexibility index (Phi) is 6.77. The number of nitrogens with zero attached hydrogens (tertiary/aromatic N) is 3. The van der Waals surface area contributed by atoms with Crippen molar-refractivity contribution in [3.05, 3.63) is 50.5 Å². The van der Waals surface area contributed by atoms with Gasteiger partial charge in [0.05, 0.1) is 25.4 Å². The lowest BCUT2D eigenvalue weighted by atomic mass is 10.0. The molecule has 0 atom stereocenters. The van der Waals surface area contributed by atoms with E-state index in [0.717, 1.165) is 32.8 Å². The van der Waals surface area contributed by atoms with Crippen LogP contribution in [-0.4, -0.2) is 65.2 Å². The first-order valence-corrected chi connectivity index (χ1v) is 9.86. The molecule has 2 N–H and O–H groups in total. The average Bonchev–Trinajstić information content (AvgIpc) is 2.68. The highest BCUT2D eigenvalue weighted by Gasteiger charge is 2.13. The molecule has 1 aliphatic rings. The summed E-state index contributed by atoms with van der Waals surface area (Å²) >= 11 is 5.26. The molecule has 0 unspecified atom stereocenters. The van der Waals surface area contributed by atoms with E-state index in [1.165, 1.54) is 16.3 Å². The van der Waals surface area contributed by atoms with Crippen LogP contribution in [0.4, 0.5) is 0 Å². The molecule has 1 aliphatic heterocycles. The summed E-state index contributed by atoms with van der Waals surface area (Å²) in [5.74, 6) is 0.196. The highest BCUT2D eigenvalue weighted by Crippen LogP contribution is 2.21. The summed E-state index contributed by atoms with van der Waals surface area (Å²) in [6, 6.07) is 7.73. The van der Waals surface area contributed by atoms with Crippen LogP contribution in [0.25, 0.3) is 5.69 Å². The van der Waals surface area contributed by atoms with Crippen LogP contribution in [0, 0.1) is 4.77 Å².